The van der Waals surface area contributed by atoms with E-state index >= 15 is 0 Å². The number of carbonyl (C=O) groups excluding carboxylic acids is 1. The Labute approximate surface area is 143 Å². The first-order valence-electron chi connectivity index (χ1n) is 6.39. The lowest BCUT2D eigenvalue weighted by atomic mass is 10.3. The van der Waals surface area contributed by atoms with Gasteiger partial charge in [-0.2, -0.15) is 0 Å². The van der Waals surface area contributed by atoms with E-state index in [1.807, 2.05) is 18.4 Å². The predicted molar refractivity (Wildman–Crippen MR) is 97.0 cm³/mol. The van der Waals surface area contributed by atoms with Gasteiger partial charge in [-0.15, -0.1) is 11.3 Å². The van der Waals surface area contributed by atoms with Crippen LogP contribution in [-0.2, 0) is 4.79 Å². The van der Waals surface area contributed by atoms with Gasteiger partial charge in [-0.05, 0) is 66.5 Å². The Morgan fingerprint density at radius 1 is 1.23 bits per heavy atom. The van der Waals surface area contributed by atoms with Crippen molar-refractivity contribution >= 4 is 57.9 Å². The fourth-order valence-electron chi connectivity index (χ4n) is 1.56. The highest BCUT2D eigenvalue weighted by Gasteiger charge is 2.00. The number of hydrogen-bond acceptors (Lipinski definition) is 3. The molecule has 2 rings (SSSR count). The van der Waals surface area contributed by atoms with Gasteiger partial charge in [0.1, 0.15) is 0 Å². The Hall–Kier alpha value is -1.89. The maximum Gasteiger partial charge on any atom is 0.262 e. The van der Waals surface area contributed by atoms with E-state index in [4.69, 9.17) is 23.8 Å². The summed E-state index contributed by atoms with van der Waals surface area (Å²) in [5.74, 6) is -0.284. The van der Waals surface area contributed by atoms with Crippen LogP contribution in [0.1, 0.15) is 10.4 Å². The number of benzene rings is 1. The molecule has 0 saturated carbocycles. The molecule has 114 valence electrons. The molecule has 22 heavy (non-hydrogen) atoms. The lowest BCUT2D eigenvalue weighted by Crippen LogP contribution is -2.43. The summed E-state index contributed by atoms with van der Waals surface area (Å²) in [5.41, 5.74) is 7.04. The van der Waals surface area contributed by atoms with Gasteiger partial charge in [0.05, 0.1) is 0 Å². The van der Waals surface area contributed by atoms with Crippen molar-refractivity contribution < 1.29 is 4.79 Å². The summed E-state index contributed by atoms with van der Waals surface area (Å²) in [7, 11) is 0. The third-order valence-corrected chi connectivity index (χ3v) is 4.13. The molecule has 3 N–H and O–H groups in total. The van der Waals surface area contributed by atoms with Gasteiger partial charge < -0.3 is 5.32 Å². The molecule has 0 saturated heterocycles. The Morgan fingerprint density at radius 2 is 1.95 bits per heavy atom. The highest BCUT2D eigenvalue weighted by molar-refractivity contribution is 7.80. The van der Waals surface area contributed by atoms with Crippen LogP contribution in [0.3, 0.4) is 0 Å². The monoisotopic (exact) mass is 351 g/mol. The second-order valence-electron chi connectivity index (χ2n) is 4.38. The molecule has 1 amide bonds. The minimum absolute atomic E-state index is 0.284. The standard InChI is InChI=1S/C15H14ClN3OS2/c1-10-8-9-22-13(10)6-7-14(20)18-19-15(21)17-12-4-2-11(16)3-5-12/h2-9H,1H3,(H,18,20)(H2,17,19,21)/b7-6+. The predicted octanol–water partition coefficient (Wildman–Crippen LogP) is 3.74. The number of amides is 1. The van der Waals surface area contributed by atoms with E-state index in [0.717, 1.165) is 16.1 Å². The molecule has 1 aromatic heterocycles. The number of halogens is 1. The minimum atomic E-state index is -0.284. The van der Waals surface area contributed by atoms with Crippen molar-refractivity contribution in [1.82, 2.24) is 10.9 Å². The Balaban J connectivity index is 1.78. The van der Waals surface area contributed by atoms with E-state index in [0.29, 0.717) is 5.02 Å². The molecule has 0 atom stereocenters. The van der Waals surface area contributed by atoms with Crippen LogP contribution in [0.4, 0.5) is 5.69 Å². The van der Waals surface area contributed by atoms with Crippen LogP contribution in [0, 0.1) is 6.92 Å². The first-order chi connectivity index (χ1) is 10.5. The molecule has 1 heterocycles. The number of thiophene rings is 1. The number of hydrogen-bond donors (Lipinski definition) is 3. The van der Waals surface area contributed by atoms with Crippen molar-refractivity contribution in [2.24, 2.45) is 0 Å². The number of aryl methyl sites for hydroxylation is 1. The Kier molecular flexibility index (Phi) is 5.94. The molecule has 0 aliphatic heterocycles. The molecule has 0 unspecified atom stereocenters. The largest absolute Gasteiger partial charge is 0.331 e. The van der Waals surface area contributed by atoms with Crippen molar-refractivity contribution in [1.29, 1.82) is 0 Å². The second kappa shape index (κ2) is 7.93. The maximum absolute atomic E-state index is 11.7. The zero-order valence-electron chi connectivity index (χ0n) is 11.7. The maximum atomic E-state index is 11.7. The summed E-state index contributed by atoms with van der Waals surface area (Å²) in [4.78, 5) is 12.7. The quantitative estimate of drug-likeness (QED) is 0.448. The molecule has 4 nitrogen and oxygen atoms in total. The smallest absolute Gasteiger partial charge is 0.262 e. The average molecular weight is 352 g/mol. The van der Waals surface area contributed by atoms with E-state index in [2.05, 4.69) is 16.2 Å². The molecule has 0 bridgehead atoms. The zero-order chi connectivity index (χ0) is 15.9. The molecule has 0 aliphatic carbocycles. The number of anilines is 1. The van der Waals surface area contributed by atoms with Gasteiger partial charge in [-0.3, -0.25) is 15.6 Å². The Morgan fingerprint density at radius 3 is 2.59 bits per heavy atom. The van der Waals surface area contributed by atoms with Gasteiger partial charge in [-0.25, -0.2) is 0 Å². The van der Waals surface area contributed by atoms with Gasteiger partial charge in [0.15, 0.2) is 5.11 Å². The van der Waals surface area contributed by atoms with Crippen LogP contribution >= 0.6 is 35.2 Å². The van der Waals surface area contributed by atoms with Gasteiger partial charge >= 0.3 is 0 Å². The molecule has 0 spiro atoms. The van der Waals surface area contributed by atoms with Crippen molar-refractivity contribution in [3.05, 3.63) is 57.3 Å². The fraction of sp³-hybridized carbons (Fsp3) is 0.0667. The van der Waals surface area contributed by atoms with Gasteiger partial charge in [0.25, 0.3) is 5.91 Å². The van der Waals surface area contributed by atoms with Crippen LogP contribution < -0.4 is 16.2 Å². The van der Waals surface area contributed by atoms with Crippen LogP contribution in [0.15, 0.2) is 41.8 Å². The number of nitrogens with one attached hydrogen (secondary N) is 3. The molecular weight excluding hydrogens is 338 g/mol. The highest BCUT2D eigenvalue weighted by Crippen LogP contribution is 2.16. The second-order valence-corrected chi connectivity index (χ2v) is 6.17. The minimum Gasteiger partial charge on any atom is -0.331 e. The molecule has 0 radical (unpaired) electrons. The van der Waals surface area contributed by atoms with Crippen molar-refractivity contribution in [2.75, 3.05) is 5.32 Å². The number of rotatable bonds is 3. The summed E-state index contributed by atoms with van der Waals surface area (Å²) in [6.45, 7) is 2.00. The average Bonchev–Trinajstić information content (AvgIpc) is 2.91. The van der Waals surface area contributed by atoms with Gasteiger partial charge in [-0.1, -0.05) is 11.6 Å². The third-order valence-electron chi connectivity index (χ3n) is 2.69. The summed E-state index contributed by atoms with van der Waals surface area (Å²) < 4.78 is 0. The van der Waals surface area contributed by atoms with E-state index in [1.54, 1.807) is 41.7 Å². The first kappa shape index (κ1) is 16.5. The SMILES string of the molecule is Cc1ccsc1/C=C/C(=O)NNC(=S)Nc1ccc(Cl)cc1. The lowest BCUT2D eigenvalue weighted by Gasteiger charge is -2.10. The van der Waals surface area contributed by atoms with E-state index in [9.17, 15) is 4.79 Å². The van der Waals surface area contributed by atoms with Crippen molar-refractivity contribution in [2.45, 2.75) is 6.92 Å². The summed E-state index contributed by atoms with van der Waals surface area (Å²) in [6.07, 6.45) is 3.23. The number of carbonyl (C=O) groups is 1. The van der Waals surface area contributed by atoms with Gasteiger partial charge in [0.2, 0.25) is 0 Å². The lowest BCUT2D eigenvalue weighted by molar-refractivity contribution is -0.116. The van der Waals surface area contributed by atoms with E-state index in [-0.39, 0.29) is 11.0 Å². The normalized spacial score (nSPS) is 10.5. The van der Waals surface area contributed by atoms with Gasteiger partial charge in [0, 0.05) is 21.7 Å². The van der Waals surface area contributed by atoms with Crippen LogP contribution in [0.5, 0.6) is 0 Å². The number of hydrazine groups is 1. The Bertz CT molecular complexity index is 695. The van der Waals surface area contributed by atoms with Crippen LogP contribution in [0.2, 0.25) is 5.02 Å². The van der Waals surface area contributed by atoms with Crippen molar-refractivity contribution in [3.8, 4) is 0 Å². The van der Waals surface area contributed by atoms with E-state index in [1.165, 1.54) is 6.08 Å². The molecule has 7 heteroatoms. The summed E-state index contributed by atoms with van der Waals surface area (Å²) in [6, 6.07) is 9.08. The fourth-order valence-corrected chi connectivity index (χ4v) is 2.68. The third kappa shape index (κ3) is 5.14. The molecular formula is C15H14ClN3OS2. The topological polar surface area (TPSA) is 53.2 Å². The number of thiocarbonyl (C=S) groups is 1. The van der Waals surface area contributed by atoms with Crippen molar-refractivity contribution in [3.63, 3.8) is 0 Å². The summed E-state index contributed by atoms with van der Waals surface area (Å²) >= 11 is 12.5. The molecule has 0 aliphatic rings. The van der Waals surface area contributed by atoms with Crippen LogP contribution in [-0.4, -0.2) is 11.0 Å². The van der Waals surface area contributed by atoms with E-state index < -0.39 is 0 Å². The molecule has 0 fully saturated rings. The molecule has 2 aromatic rings. The highest BCUT2D eigenvalue weighted by atomic mass is 35.5. The van der Waals surface area contributed by atoms with Crippen LogP contribution in [0.25, 0.3) is 6.08 Å². The first-order valence-corrected chi connectivity index (χ1v) is 8.06. The zero-order valence-corrected chi connectivity index (χ0v) is 14.1. The molecule has 1 aromatic carbocycles. The summed E-state index contributed by atoms with van der Waals surface area (Å²) in [5, 5.41) is 5.84.